The lowest BCUT2D eigenvalue weighted by molar-refractivity contribution is 0.252. The molecule has 0 spiro atoms. The van der Waals surface area contributed by atoms with Crippen molar-refractivity contribution in [2.45, 2.75) is 19.9 Å². The molecule has 0 saturated heterocycles. The first-order valence-corrected chi connectivity index (χ1v) is 8.29. The predicted molar refractivity (Wildman–Crippen MR) is 97.6 cm³/mol. The first kappa shape index (κ1) is 16.3. The van der Waals surface area contributed by atoms with E-state index in [2.05, 4.69) is 39.4 Å². The van der Waals surface area contributed by atoms with Crippen LogP contribution in [0, 0.1) is 0 Å². The minimum atomic E-state index is -0.263. The van der Waals surface area contributed by atoms with E-state index in [1.165, 1.54) is 5.56 Å². The Morgan fingerprint density at radius 1 is 1.25 bits per heavy atom. The van der Waals surface area contributed by atoms with Gasteiger partial charge in [-0.15, -0.1) is 0 Å². The highest BCUT2D eigenvalue weighted by molar-refractivity contribution is 6.33. The van der Waals surface area contributed by atoms with Gasteiger partial charge in [0, 0.05) is 30.9 Å². The normalized spacial score (nSPS) is 10.8. The molecule has 0 aliphatic rings. The molecule has 0 fully saturated rings. The number of anilines is 1. The fourth-order valence-electron chi connectivity index (χ4n) is 2.68. The second kappa shape index (κ2) is 7.36. The zero-order chi connectivity index (χ0) is 16.9. The van der Waals surface area contributed by atoms with E-state index in [1.54, 1.807) is 18.3 Å². The summed E-state index contributed by atoms with van der Waals surface area (Å²) in [6, 6.07) is 10.9. The van der Waals surface area contributed by atoms with E-state index in [9.17, 15) is 4.79 Å². The monoisotopic (exact) mass is 342 g/mol. The molecule has 0 unspecified atom stereocenters. The van der Waals surface area contributed by atoms with E-state index in [1.807, 2.05) is 18.2 Å². The van der Waals surface area contributed by atoms with E-state index < -0.39 is 0 Å². The van der Waals surface area contributed by atoms with Gasteiger partial charge in [0.2, 0.25) is 0 Å². The number of carbonyl (C=O) groups is 1. The summed E-state index contributed by atoms with van der Waals surface area (Å²) in [5.41, 5.74) is 2.76. The van der Waals surface area contributed by atoms with Gasteiger partial charge in [0.05, 0.1) is 10.7 Å². The van der Waals surface area contributed by atoms with Crippen LogP contribution in [0.1, 0.15) is 12.5 Å². The molecule has 5 nitrogen and oxygen atoms in total. The van der Waals surface area contributed by atoms with Gasteiger partial charge in [-0.3, -0.25) is 0 Å². The lowest BCUT2D eigenvalue weighted by Gasteiger charge is -2.08. The summed E-state index contributed by atoms with van der Waals surface area (Å²) in [4.78, 5) is 16.4. The highest BCUT2D eigenvalue weighted by Crippen LogP contribution is 2.21. The standard InChI is InChI=1S/C18H19ClN4O/c1-2-23-12-13(14-6-5-10-20-17(14)23)9-11-21-18(24)22-16-8-4-3-7-15(16)19/h3-8,10,12H,2,9,11H2,1H3,(H2,21,22,24). The Bertz CT molecular complexity index is 859. The van der Waals surface area contributed by atoms with Crippen molar-refractivity contribution in [2.75, 3.05) is 11.9 Å². The van der Waals surface area contributed by atoms with Crippen molar-refractivity contribution in [3.05, 3.63) is 59.4 Å². The first-order chi connectivity index (χ1) is 11.7. The van der Waals surface area contributed by atoms with Crippen LogP contribution in [0.15, 0.2) is 48.8 Å². The van der Waals surface area contributed by atoms with E-state index in [4.69, 9.17) is 11.6 Å². The largest absolute Gasteiger partial charge is 0.338 e. The van der Waals surface area contributed by atoms with Gasteiger partial charge < -0.3 is 15.2 Å². The maximum absolute atomic E-state index is 12.0. The molecule has 0 saturated carbocycles. The third-order valence-electron chi connectivity index (χ3n) is 3.86. The third kappa shape index (κ3) is 3.51. The molecule has 6 heteroatoms. The average molecular weight is 343 g/mol. The summed E-state index contributed by atoms with van der Waals surface area (Å²) in [6.45, 7) is 3.50. The highest BCUT2D eigenvalue weighted by atomic mass is 35.5. The topological polar surface area (TPSA) is 59.0 Å². The molecule has 0 radical (unpaired) electrons. The molecule has 2 heterocycles. The number of rotatable bonds is 5. The second-order valence-corrected chi connectivity index (χ2v) is 5.83. The van der Waals surface area contributed by atoms with Crippen LogP contribution in [0.2, 0.25) is 5.02 Å². The number of carbonyl (C=O) groups excluding carboxylic acids is 1. The number of pyridine rings is 1. The smallest absolute Gasteiger partial charge is 0.319 e. The van der Waals surface area contributed by atoms with Gasteiger partial charge in [-0.25, -0.2) is 9.78 Å². The lowest BCUT2D eigenvalue weighted by Crippen LogP contribution is -2.30. The Labute approximate surface area is 145 Å². The number of urea groups is 1. The molecule has 2 aromatic heterocycles. The van der Waals surface area contributed by atoms with Crippen molar-refractivity contribution in [1.29, 1.82) is 0 Å². The number of nitrogens with zero attached hydrogens (tertiary/aromatic N) is 2. The van der Waals surface area contributed by atoms with Crippen LogP contribution in [0.4, 0.5) is 10.5 Å². The molecule has 0 aliphatic heterocycles. The third-order valence-corrected chi connectivity index (χ3v) is 4.19. The summed E-state index contributed by atoms with van der Waals surface area (Å²) in [7, 11) is 0. The number of hydrogen-bond acceptors (Lipinski definition) is 2. The van der Waals surface area contributed by atoms with Crippen molar-refractivity contribution >= 4 is 34.4 Å². The average Bonchev–Trinajstić information content (AvgIpc) is 2.95. The van der Waals surface area contributed by atoms with Gasteiger partial charge >= 0.3 is 6.03 Å². The first-order valence-electron chi connectivity index (χ1n) is 7.91. The minimum Gasteiger partial charge on any atom is -0.338 e. The summed E-state index contributed by atoms with van der Waals surface area (Å²) in [5.74, 6) is 0. The molecule has 24 heavy (non-hydrogen) atoms. The summed E-state index contributed by atoms with van der Waals surface area (Å²) in [6.07, 6.45) is 4.64. The maximum Gasteiger partial charge on any atom is 0.319 e. The van der Waals surface area contributed by atoms with Gasteiger partial charge in [-0.2, -0.15) is 0 Å². The highest BCUT2D eigenvalue weighted by Gasteiger charge is 2.09. The van der Waals surface area contributed by atoms with Crippen molar-refractivity contribution < 1.29 is 4.79 Å². The van der Waals surface area contributed by atoms with Gasteiger partial charge in [0.1, 0.15) is 5.65 Å². The fraction of sp³-hybridized carbons (Fsp3) is 0.222. The molecular formula is C18H19ClN4O. The SMILES string of the molecule is CCn1cc(CCNC(=O)Nc2ccccc2Cl)c2cccnc21. The molecule has 0 aliphatic carbocycles. The molecule has 3 aromatic rings. The number of halogens is 1. The number of para-hydroxylation sites is 1. The predicted octanol–water partition coefficient (Wildman–Crippen LogP) is 4.07. The quantitative estimate of drug-likeness (QED) is 0.734. The van der Waals surface area contributed by atoms with Crippen LogP contribution in [0.5, 0.6) is 0 Å². The van der Waals surface area contributed by atoms with Gasteiger partial charge in [0.25, 0.3) is 0 Å². The Morgan fingerprint density at radius 2 is 2.08 bits per heavy atom. The van der Waals surface area contributed by atoms with Crippen molar-refractivity contribution in [1.82, 2.24) is 14.9 Å². The van der Waals surface area contributed by atoms with E-state index in [0.717, 1.165) is 24.0 Å². The molecule has 3 rings (SSSR count). The number of benzene rings is 1. The summed E-state index contributed by atoms with van der Waals surface area (Å²) >= 11 is 6.03. The number of fused-ring (bicyclic) bond motifs is 1. The molecule has 2 N–H and O–H groups in total. The fourth-order valence-corrected chi connectivity index (χ4v) is 2.86. The lowest BCUT2D eigenvalue weighted by atomic mass is 10.1. The van der Waals surface area contributed by atoms with Crippen LogP contribution in [0.3, 0.4) is 0 Å². The molecule has 0 atom stereocenters. The second-order valence-electron chi connectivity index (χ2n) is 5.43. The maximum atomic E-state index is 12.0. The van der Waals surface area contributed by atoms with Gasteiger partial charge in [-0.05, 0) is 43.2 Å². The van der Waals surface area contributed by atoms with Crippen LogP contribution >= 0.6 is 11.6 Å². The Balaban J connectivity index is 1.61. The number of nitrogens with one attached hydrogen (secondary N) is 2. The van der Waals surface area contributed by atoms with Crippen LogP contribution in [-0.4, -0.2) is 22.1 Å². The molecule has 2 amide bonds. The van der Waals surface area contributed by atoms with E-state index in [0.29, 0.717) is 17.3 Å². The van der Waals surface area contributed by atoms with Gasteiger partial charge in [0.15, 0.2) is 0 Å². The Hall–Kier alpha value is -2.53. The van der Waals surface area contributed by atoms with Crippen molar-refractivity contribution in [2.24, 2.45) is 0 Å². The number of hydrogen-bond donors (Lipinski definition) is 2. The van der Waals surface area contributed by atoms with Crippen molar-refractivity contribution in [3.8, 4) is 0 Å². The summed E-state index contributed by atoms with van der Waals surface area (Å²) in [5, 5.41) is 7.26. The zero-order valence-corrected chi connectivity index (χ0v) is 14.2. The molecule has 124 valence electrons. The summed E-state index contributed by atoms with van der Waals surface area (Å²) < 4.78 is 2.12. The van der Waals surface area contributed by atoms with Gasteiger partial charge in [-0.1, -0.05) is 23.7 Å². The van der Waals surface area contributed by atoms with Crippen LogP contribution in [0.25, 0.3) is 11.0 Å². The number of amides is 2. The van der Waals surface area contributed by atoms with Crippen LogP contribution in [-0.2, 0) is 13.0 Å². The van der Waals surface area contributed by atoms with E-state index in [-0.39, 0.29) is 6.03 Å². The number of aromatic nitrogens is 2. The Morgan fingerprint density at radius 3 is 2.88 bits per heavy atom. The zero-order valence-electron chi connectivity index (χ0n) is 13.4. The molecule has 1 aromatic carbocycles. The van der Waals surface area contributed by atoms with Crippen LogP contribution < -0.4 is 10.6 Å². The molecule has 0 bridgehead atoms. The molecular weight excluding hydrogens is 324 g/mol. The van der Waals surface area contributed by atoms with Crippen molar-refractivity contribution in [3.63, 3.8) is 0 Å². The Kier molecular flexibility index (Phi) is 5.01. The van der Waals surface area contributed by atoms with E-state index >= 15 is 0 Å². The number of aryl methyl sites for hydroxylation is 1. The minimum absolute atomic E-state index is 0.263.